The molecule has 1 atom stereocenters. The zero-order valence-corrected chi connectivity index (χ0v) is 13.9. The Kier molecular flexibility index (Phi) is 3.81. The van der Waals surface area contributed by atoms with Crippen LogP contribution in [0.1, 0.15) is 30.3 Å². The van der Waals surface area contributed by atoms with Crippen molar-refractivity contribution in [1.29, 1.82) is 5.26 Å². The van der Waals surface area contributed by atoms with Gasteiger partial charge >= 0.3 is 0 Å². The average Bonchev–Trinajstić information content (AvgIpc) is 3.16. The summed E-state index contributed by atoms with van der Waals surface area (Å²) in [5.41, 5.74) is 5.55. The van der Waals surface area contributed by atoms with E-state index in [0.717, 1.165) is 46.7 Å². The van der Waals surface area contributed by atoms with Gasteiger partial charge in [-0.05, 0) is 49.6 Å². The van der Waals surface area contributed by atoms with Crippen LogP contribution in [0.25, 0.3) is 22.5 Å². The Hall–Kier alpha value is -3.00. The summed E-state index contributed by atoms with van der Waals surface area (Å²) in [4.78, 5) is 4.62. The van der Waals surface area contributed by atoms with Crippen molar-refractivity contribution in [2.75, 3.05) is 0 Å². The Bertz CT molecular complexity index is 966. The number of aryl methyl sites for hydroxylation is 1. The van der Waals surface area contributed by atoms with Gasteiger partial charge in [-0.1, -0.05) is 18.2 Å². The smallest absolute Gasteiger partial charge is 0.123 e. The van der Waals surface area contributed by atoms with Crippen molar-refractivity contribution in [2.24, 2.45) is 0 Å². The molecule has 2 aromatic heterocycles. The van der Waals surface area contributed by atoms with E-state index in [1.54, 1.807) is 12.1 Å². The van der Waals surface area contributed by atoms with Crippen LogP contribution in [0.4, 0.5) is 4.39 Å². The maximum absolute atomic E-state index is 13.4. The van der Waals surface area contributed by atoms with Crippen molar-refractivity contribution >= 4 is 0 Å². The molecule has 0 amide bonds. The zero-order chi connectivity index (χ0) is 17.4. The summed E-state index contributed by atoms with van der Waals surface area (Å²) in [6.45, 7) is 1.95. The van der Waals surface area contributed by atoms with Crippen LogP contribution < -0.4 is 0 Å². The van der Waals surface area contributed by atoms with Crippen LogP contribution in [0.3, 0.4) is 0 Å². The second-order valence-corrected chi connectivity index (χ2v) is 6.34. The first kappa shape index (κ1) is 15.5. The predicted molar refractivity (Wildman–Crippen MR) is 93.2 cm³/mol. The lowest BCUT2D eigenvalue weighted by molar-refractivity contribution is 0.490. The SMILES string of the molecule is Cc1cccc(-c2nn3c(c2-c2ccc(F)cc2)CC[C@@H]3CC#N)n1. The van der Waals surface area contributed by atoms with Crippen molar-refractivity contribution in [2.45, 2.75) is 32.2 Å². The molecule has 0 saturated heterocycles. The van der Waals surface area contributed by atoms with Crippen LogP contribution in [0.5, 0.6) is 0 Å². The number of hydrogen-bond donors (Lipinski definition) is 0. The molecule has 0 unspecified atom stereocenters. The van der Waals surface area contributed by atoms with Gasteiger partial charge in [0.2, 0.25) is 0 Å². The van der Waals surface area contributed by atoms with Gasteiger partial charge in [0.05, 0.1) is 24.2 Å². The zero-order valence-electron chi connectivity index (χ0n) is 13.9. The highest BCUT2D eigenvalue weighted by Gasteiger charge is 2.30. The van der Waals surface area contributed by atoms with Crippen molar-refractivity contribution in [1.82, 2.24) is 14.8 Å². The van der Waals surface area contributed by atoms with Crippen LogP contribution in [-0.4, -0.2) is 14.8 Å². The Labute approximate surface area is 145 Å². The van der Waals surface area contributed by atoms with Crippen LogP contribution in [0.15, 0.2) is 42.5 Å². The Morgan fingerprint density at radius 3 is 2.76 bits per heavy atom. The lowest BCUT2D eigenvalue weighted by Crippen LogP contribution is -2.05. The van der Waals surface area contributed by atoms with Gasteiger partial charge in [0.15, 0.2) is 0 Å². The van der Waals surface area contributed by atoms with Crippen LogP contribution >= 0.6 is 0 Å². The molecule has 0 radical (unpaired) electrons. The normalized spacial score (nSPS) is 15.8. The standard InChI is InChI=1S/C20H17FN4/c1-13-3-2-4-17(23-13)20-19(14-5-7-15(21)8-6-14)18-10-9-16(11-12-22)25(18)24-20/h2-8,16H,9-11H2,1H3/t16-/m1/s1. The molecule has 4 nitrogen and oxygen atoms in total. The van der Waals surface area contributed by atoms with Gasteiger partial charge in [-0.3, -0.25) is 9.67 Å². The molecule has 1 aromatic carbocycles. The highest BCUT2D eigenvalue weighted by Crippen LogP contribution is 2.40. The third-order valence-electron chi connectivity index (χ3n) is 4.66. The fourth-order valence-electron chi connectivity index (χ4n) is 3.50. The third-order valence-corrected chi connectivity index (χ3v) is 4.66. The number of nitrogens with zero attached hydrogens (tertiary/aromatic N) is 4. The Morgan fingerprint density at radius 1 is 1.24 bits per heavy atom. The molecule has 0 saturated carbocycles. The van der Waals surface area contributed by atoms with E-state index in [1.165, 1.54) is 12.1 Å². The first-order chi connectivity index (χ1) is 12.2. The minimum absolute atomic E-state index is 0.0951. The van der Waals surface area contributed by atoms with Crippen LogP contribution in [0, 0.1) is 24.1 Å². The van der Waals surface area contributed by atoms with E-state index in [9.17, 15) is 4.39 Å². The van der Waals surface area contributed by atoms with Gasteiger partial charge in [-0.15, -0.1) is 0 Å². The molecule has 3 heterocycles. The van der Waals surface area contributed by atoms with E-state index >= 15 is 0 Å². The molecule has 0 fully saturated rings. The van der Waals surface area contributed by atoms with Crippen molar-refractivity contribution in [3.63, 3.8) is 0 Å². The van der Waals surface area contributed by atoms with Crippen molar-refractivity contribution in [3.05, 3.63) is 59.7 Å². The summed E-state index contributed by atoms with van der Waals surface area (Å²) in [6, 6.07) is 14.7. The number of aromatic nitrogens is 3. The molecule has 0 aliphatic carbocycles. The van der Waals surface area contributed by atoms with E-state index in [4.69, 9.17) is 10.4 Å². The molecule has 124 valence electrons. The Morgan fingerprint density at radius 2 is 2.04 bits per heavy atom. The fourth-order valence-corrected chi connectivity index (χ4v) is 3.50. The predicted octanol–water partition coefficient (Wildman–Crippen LogP) is 4.46. The number of fused-ring (bicyclic) bond motifs is 1. The van der Waals surface area contributed by atoms with Gasteiger partial charge in [0, 0.05) is 17.0 Å². The first-order valence-electron chi connectivity index (χ1n) is 8.35. The quantitative estimate of drug-likeness (QED) is 0.711. The lowest BCUT2D eigenvalue weighted by atomic mass is 9.99. The summed E-state index contributed by atoms with van der Waals surface area (Å²) < 4.78 is 15.3. The highest BCUT2D eigenvalue weighted by atomic mass is 19.1. The van der Waals surface area contributed by atoms with Crippen LogP contribution in [-0.2, 0) is 6.42 Å². The number of hydrogen-bond acceptors (Lipinski definition) is 3. The molecule has 1 aliphatic rings. The summed E-state index contributed by atoms with van der Waals surface area (Å²) in [7, 11) is 0. The largest absolute Gasteiger partial charge is 0.264 e. The molecule has 5 heteroatoms. The maximum Gasteiger partial charge on any atom is 0.123 e. The molecule has 0 N–H and O–H groups in total. The number of nitriles is 1. The lowest BCUT2D eigenvalue weighted by Gasteiger charge is -2.06. The highest BCUT2D eigenvalue weighted by molar-refractivity contribution is 5.81. The van der Waals surface area contributed by atoms with Gasteiger partial charge in [0.25, 0.3) is 0 Å². The molecule has 3 aromatic rings. The molecule has 1 aliphatic heterocycles. The summed E-state index contributed by atoms with van der Waals surface area (Å²) in [6.07, 6.45) is 2.21. The van der Waals surface area contributed by atoms with E-state index in [2.05, 4.69) is 11.1 Å². The van der Waals surface area contributed by atoms with Crippen molar-refractivity contribution < 1.29 is 4.39 Å². The molecule has 4 rings (SSSR count). The van der Waals surface area contributed by atoms with E-state index in [0.29, 0.717) is 6.42 Å². The second-order valence-electron chi connectivity index (χ2n) is 6.34. The number of rotatable bonds is 3. The van der Waals surface area contributed by atoms with E-state index in [1.807, 2.05) is 29.8 Å². The molecular formula is C20H17FN4. The van der Waals surface area contributed by atoms with Gasteiger partial charge in [-0.25, -0.2) is 4.39 Å². The van der Waals surface area contributed by atoms with Gasteiger partial charge in [0.1, 0.15) is 11.5 Å². The van der Waals surface area contributed by atoms with Gasteiger partial charge in [-0.2, -0.15) is 10.4 Å². The summed E-state index contributed by atoms with van der Waals surface area (Å²) >= 11 is 0. The fraction of sp³-hybridized carbons (Fsp3) is 0.250. The third kappa shape index (κ3) is 2.70. The number of benzene rings is 1. The second kappa shape index (κ2) is 6.14. The monoisotopic (exact) mass is 332 g/mol. The molecule has 25 heavy (non-hydrogen) atoms. The maximum atomic E-state index is 13.4. The number of pyridine rings is 1. The van der Waals surface area contributed by atoms with Crippen molar-refractivity contribution in [3.8, 4) is 28.6 Å². The Balaban J connectivity index is 1.93. The molecule has 0 bridgehead atoms. The topological polar surface area (TPSA) is 54.5 Å². The van der Waals surface area contributed by atoms with Gasteiger partial charge < -0.3 is 0 Å². The van der Waals surface area contributed by atoms with E-state index in [-0.39, 0.29) is 11.9 Å². The average molecular weight is 332 g/mol. The molecular weight excluding hydrogens is 315 g/mol. The minimum atomic E-state index is -0.259. The van der Waals surface area contributed by atoms with E-state index < -0.39 is 0 Å². The first-order valence-corrected chi connectivity index (χ1v) is 8.35. The summed E-state index contributed by atoms with van der Waals surface area (Å²) in [5.74, 6) is -0.259. The summed E-state index contributed by atoms with van der Waals surface area (Å²) in [5, 5.41) is 13.9. The van der Waals surface area contributed by atoms with Crippen LogP contribution in [0.2, 0.25) is 0 Å². The molecule has 0 spiro atoms. The minimum Gasteiger partial charge on any atom is -0.264 e. The number of halogens is 1.